The number of carbonyl (C=O) groups is 2. The van der Waals surface area contributed by atoms with Gasteiger partial charge >= 0.3 is 0 Å². The van der Waals surface area contributed by atoms with E-state index in [1.807, 2.05) is 0 Å². The summed E-state index contributed by atoms with van der Waals surface area (Å²) in [7, 11) is -3.93. The zero-order valence-corrected chi connectivity index (χ0v) is 21.3. The molecule has 2 fully saturated rings. The summed E-state index contributed by atoms with van der Waals surface area (Å²) in [5.74, 6) is -1.59. The highest BCUT2D eigenvalue weighted by Crippen LogP contribution is 2.29. The van der Waals surface area contributed by atoms with Gasteiger partial charge in [-0.05, 0) is 57.7 Å². The molecule has 2 aliphatic rings. The van der Waals surface area contributed by atoms with Crippen molar-refractivity contribution in [2.75, 3.05) is 31.5 Å². The first-order valence-corrected chi connectivity index (χ1v) is 13.5. The van der Waals surface area contributed by atoms with E-state index in [9.17, 15) is 22.4 Å². The molecular weight excluding hydrogens is 497 g/mol. The minimum atomic E-state index is -3.93. The Labute approximate surface area is 209 Å². The normalized spacial score (nSPS) is 19.2. The van der Waals surface area contributed by atoms with Gasteiger partial charge in [-0.15, -0.1) is 0 Å². The predicted octanol–water partition coefficient (Wildman–Crippen LogP) is 2.95. The van der Waals surface area contributed by atoms with Crippen molar-refractivity contribution >= 4 is 39.1 Å². The van der Waals surface area contributed by atoms with Gasteiger partial charge in [0.15, 0.2) is 0 Å². The summed E-state index contributed by atoms with van der Waals surface area (Å²) in [6, 6.07) is 3.88. The smallest absolute Gasteiger partial charge is 0.246 e. The molecule has 1 aromatic carbocycles. The zero-order valence-electron chi connectivity index (χ0n) is 19.8. The number of aryl methyl sites for hydroxylation is 1. The highest BCUT2D eigenvalue weighted by molar-refractivity contribution is 7.89. The van der Waals surface area contributed by atoms with Gasteiger partial charge < -0.3 is 10.2 Å². The summed E-state index contributed by atoms with van der Waals surface area (Å²) >= 11 is 5.79. The predicted molar refractivity (Wildman–Crippen MR) is 129 cm³/mol. The van der Waals surface area contributed by atoms with Gasteiger partial charge in [0.2, 0.25) is 21.8 Å². The van der Waals surface area contributed by atoms with Gasteiger partial charge in [0.05, 0.1) is 22.3 Å². The van der Waals surface area contributed by atoms with Crippen LogP contribution in [0.25, 0.3) is 0 Å². The second-order valence-corrected chi connectivity index (χ2v) is 11.3. The van der Waals surface area contributed by atoms with Crippen molar-refractivity contribution in [3.8, 4) is 0 Å². The Morgan fingerprint density at radius 3 is 2.57 bits per heavy atom. The number of anilines is 1. The molecule has 0 radical (unpaired) electrons. The van der Waals surface area contributed by atoms with Gasteiger partial charge in [0.1, 0.15) is 17.3 Å². The van der Waals surface area contributed by atoms with Crippen LogP contribution in [0.1, 0.15) is 37.1 Å². The number of rotatable bonds is 6. The number of benzene rings is 1. The maximum atomic E-state index is 13.6. The van der Waals surface area contributed by atoms with Crippen LogP contribution in [-0.4, -0.2) is 65.4 Å². The number of carbonyl (C=O) groups excluding carboxylic acids is 2. The molecule has 35 heavy (non-hydrogen) atoms. The number of sulfonamides is 1. The van der Waals surface area contributed by atoms with Crippen molar-refractivity contribution in [3.05, 3.63) is 40.4 Å². The number of nitrogens with one attached hydrogen (secondary N) is 1. The van der Waals surface area contributed by atoms with Crippen LogP contribution in [0.2, 0.25) is 5.02 Å². The summed E-state index contributed by atoms with van der Waals surface area (Å²) < 4.78 is 43.3. The SMILES string of the molecule is Cc1nn(CC(=O)N2CCCC2)c(C)c1S(=O)(=O)N1CCCC(C(=O)Nc2ccc(F)c(Cl)c2)C1. The molecule has 9 nitrogen and oxygen atoms in total. The Morgan fingerprint density at radius 2 is 1.89 bits per heavy atom. The Balaban J connectivity index is 1.49. The summed E-state index contributed by atoms with van der Waals surface area (Å²) in [5, 5.41) is 6.94. The molecule has 2 aromatic rings. The third kappa shape index (κ3) is 5.36. The topological polar surface area (TPSA) is 105 Å². The van der Waals surface area contributed by atoms with Crippen LogP contribution in [-0.2, 0) is 26.2 Å². The fourth-order valence-corrected chi connectivity index (χ4v) is 6.80. The Morgan fingerprint density at radius 1 is 1.17 bits per heavy atom. The molecule has 12 heteroatoms. The first kappa shape index (κ1) is 25.6. The molecule has 0 saturated carbocycles. The van der Waals surface area contributed by atoms with Crippen molar-refractivity contribution in [2.45, 2.75) is 51.0 Å². The van der Waals surface area contributed by atoms with Gasteiger partial charge in [-0.1, -0.05) is 11.6 Å². The second kappa shape index (κ2) is 10.2. The van der Waals surface area contributed by atoms with Gasteiger partial charge in [0.25, 0.3) is 0 Å². The van der Waals surface area contributed by atoms with E-state index in [0.29, 0.717) is 43.0 Å². The number of nitrogens with zero attached hydrogens (tertiary/aromatic N) is 4. The molecule has 0 bridgehead atoms. The first-order chi connectivity index (χ1) is 16.6. The molecule has 1 unspecified atom stereocenters. The summed E-state index contributed by atoms with van der Waals surface area (Å²) in [6.07, 6.45) is 2.98. The van der Waals surface area contributed by atoms with E-state index in [4.69, 9.17) is 11.6 Å². The number of hydrogen-bond donors (Lipinski definition) is 1. The molecule has 1 atom stereocenters. The molecule has 2 aliphatic heterocycles. The van der Waals surface area contributed by atoms with E-state index in [2.05, 4.69) is 10.4 Å². The van der Waals surface area contributed by atoms with E-state index < -0.39 is 21.8 Å². The minimum absolute atomic E-state index is 0.00649. The molecule has 4 rings (SSSR count). The van der Waals surface area contributed by atoms with E-state index in [-0.39, 0.29) is 41.4 Å². The molecule has 3 heterocycles. The number of amides is 2. The number of hydrogen-bond acceptors (Lipinski definition) is 5. The van der Waals surface area contributed by atoms with Crippen LogP contribution in [0, 0.1) is 25.6 Å². The van der Waals surface area contributed by atoms with Crippen LogP contribution >= 0.6 is 11.6 Å². The highest BCUT2D eigenvalue weighted by atomic mass is 35.5. The van der Waals surface area contributed by atoms with Crippen LogP contribution in [0.4, 0.5) is 10.1 Å². The summed E-state index contributed by atoms with van der Waals surface area (Å²) in [6.45, 7) is 4.98. The van der Waals surface area contributed by atoms with E-state index in [1.54, 1.807) is 18.7 Å². The third-order valence-electron chi connectivity index (χ3n) is 6.60. The lowest BCUT2D eigenvalue weighted by atomic mass is 9.99. The van der Waals surface area contributed by atoms with E-state index in [1.165, 1.54) is 21.1 Å². The van der Waals surface area contributed by atoms with Crippen molar-refractivity contribution in [1.29, 1.82) is 0 Å². The van der Waals surface area contributed by atoms with E-state index >= 15 is 0 Å². The lowest BCUT2D eigenvalue weighted by molar-refractivity contribution is -0.131. The second-order valence-electron chi connectivity index (χ2n) is 9.07. The number of likely N-dealkylation sites (tertiary alicyclic amines) is 1. The molecule has 1 aromatic heterocycles. The van der Waals surface area contributed by atoms with Gasteiger partial charge in [-0.3, -0.25) is 14.3 Å². The number of piperidine rings is 1. The summed E-state index contributed by atoms with van der Waals surface area (Å²) in [5.41, 5.74) is 1.07. The fourth-order valence-electron chi connectivity index (χ4n) is 4.72. The molecular formula is C23H29ClFN5O4S. The van der Waals surface area contributed by atoms with Crippen LogP contribution < -0.4 is 5.32 Å². The fraction of sp³-hybridized carbons (Fsp3) is 0.522. The van der Waals surface area contributed by atoms with Crippen LogP contribution in [0.15, 0.2) is 23.1 Å². The Hall–Kier alpha value is -2.50. The largest absolute Gasteiger partial charge is 0.341 e. The van der Waals surface area contributed by atoms with Crippen molar-refractivity contribution < 1.29 is 22.4 Å². The van der Waals surface area contributed by atoms with Crippen molar-refractivity contribution in [2.24, 2.45) is 5.92 Å². The Kier molecular flexibility index (Phi) is 7.48. The van der Waals surface area contributed by atoms with E-state index in [0.717, 1.165) is 18.9 Å². The maximum absolute atomic E-state index is 13.6. The first-order valence-electron chi connectivity index (χ1n) is 11.7. The number of aromatic nitrogens is 2. The minimum Gasteiger partial charge on any atom is -0.341 e. The quantitative estimate of drug-likeness (QED) is 0.624. The summed E-state index contributed by atoms with van der Waals surface area (Å²) in [4.78, 5) is 27.3. The highest BCUT2D eigenvalue weighted by Gasteiger charge is 2.37. The van der Waals surface area contributed by atoms with Crippen LogP contribution in [0.5, 0.6) is 0 Å². The maximum Gasteiger partial charge on any atom is 0.246 e. The van der Waals surface area contributed by atoms with Crippen molar-refractivity contribution in [3.63, 3.8) is 0 Å². The molecule has 0 aliphatic carbocycles. The van der Waals surface area contributed by atoms with Gasteiger partial charge in [0, 0.05) is 31.9 Å². The molecule has 2 amide bonds. The molecule has 0 spiro atoms. The average Bonchev–Trinajstić information content (AvgIpc) is 3.45. The van der Waals surface area contributed by atoms with Crippen LogP contribution in [0.3, 0.4) is 0 Å². The van der Waals surface area contributed by atoms with Gasteiger partial charge in [-0.2, -0.15) is 9.40 Å². The third-order valence-corrected chi connectivity index (χ3v) is 9.01. The standard InChI is InChI=1S/C23H29ClFN5O4S/c1-15-22(16(2)30(27-15)14-21(31)28-9-3-4-10-28)35(33,34)29-11-5-6-17(13-29)23(32)26-18-7-8-20(25)19(24)12-18/h7-8,12,17H,3-6,9-11,13-14H2,1-2H3,(H,26,32). The molecule has 2 saturated heterocycles. The molecule has 1 N–H and O–H groups in total. The average molecular weight is 526 g/mol. The Bertz CT molecular complexity index is 1240. The van der Waals surface area contributed by atoms with Gasteiger partial charge in [-0.25, -0.2) is 12.8 Å². The van der Waals surface area contributed by atoms with Crippen molar-refractivity contribution in [1.82, 2.24) is 19.0 Å². The molecule has 190 valence electrons. The zero-order chi connectivity index (χ0) is 25.3. The lowest BCUT2D eigenvalue weighted by Crippen LogP contribution is -2.44. The lowest BCUT2D eigenvalue weighted by Gasteiger charge is -2.31. The number of halogens is 2. The monoisotopic (exact) mass is 525 g/mol.